The fourth-order valence-corrected chi connectivity index (χ4v) is 4.97. The molecule has 2 N–H and O–H groups in total. The Morgan fingerprint density at radius 2 is 1.74 bits per heavy atom. The number of fused-ring (bicyclic) bond motifs is 3. The summed E-state index contributed by atoms with van der Waals surface area (Å²) in [4.78, 5) is 16.6. The highest BCUT2D eigenvalue weighted by molar-refractivity contribution is 6.09. The summed E-state index contributed by atoms with van der Waals surface area (Å²) in [5.41, 5.74) is 6.40. The van der Waals surface area contributed by atoms with Crippen molar-refractivity contribution in [3.8, 4) is 16.9 Å². The Kier molecular flexibility index (Phi) is 5.95. The maximum atomic E-state index is 11.8. The minimum atomic E-state index is -0.848. The quantitative estimate of drug-likeness (QED) is 0.415. The maximum absolute atomic E-state index is 11.8. The van der Waals surface area contributed by atoms with Gasteiger partial charge in [-0.1, -0.05) is 24.3 Å². The van der Waals surface area contributed by atoms with Crippen LogP contribution in [0.15, 0.2) is 48.7 Å². The van der Waals surface area contributed by atoms with Gasteiger partial charge >= 0.3 is 5.97 Å². The van der Waals surface area contributed by atoms with Crippen molar-refractivity contribution in [1.82, 2.24) is 4.98 Å². The van der Waals surface area contributed by atoms with E-state index in [1.54, 1.807) is 20.8 Å². The fourth-order valence-electron chi connectivity index (χ4n) is 4.97. The summed E-state index contributed by atoms with van der Waals surface area (Å²) in [6.07, 6.45) is 2.63. The molecule has 1 aromatic heterocycles. The number of aliphatic carboxylic acids is 1. The molecule has 2 aliphatic rings. The highest BCUT2D eigenvalue weighted by Gasteiger charge is 2.27. The van der Waals surface area contributed by atoms with Crippen LogP contribution in [0.4, 0.5) is 0 Å². The molecule has 3 aromatic carbocycles. The second-order valence-electron chi connectivity index (χ2n) is 9.99. The summed E-state index contributed by atoms with van der Waals surface area (Å²) in [5.74, 6) is -0.00339. The van der Waals surface area contributed by atoms with E-state index in [9.17, 15) is 9.90 Å². The lowest BCUT2D eigenvalue weighted by Crippen LogP contribution is -2.10. The largest absolute Gasteiger partial charge is 0.493 e. The molecule has 0 radical (unpaired) electrons. The lowest BCUT2D eigenvalue weighted by molar-refractivity contribution is -0.136. The van der Waals surface area contributed by atoms with Crippen molar-refractivity contribution >= 4 is 27.6 Å². The number of benzene rings is 3. The van der Waals surface area contributed by atoms with Crippen LogP contribution in [-0.2, 0) is 35.6 Å². The highest BCUT2D eigenvalue weighted by Crippen LogP contribution is 2.45. The molecular formula is C29H29NO5. The van der Waals surface area contributed by atoms with Gasteiger partial charge in [0.2, 0.25) is 0 Å². The van der Waals surface area contributed by atoms with Gasteiger partial charge in [0.1, 0.15) is 5.75 Å². The van der Waals surface area contributed by atoms with Crippen molar-refractivity contribution in [2.75, 3.05) is 6.61 Å². The standard InChI is InChI=1S/C25H19NO4.C4H10O/c27-22(28)11-18-20-13-29-12-19(20)15-3-1-2-4-16(15)24(18)17-5-6-21-23-14(8-10-30-21)7-9-26-25(17)23;1-4(2,3)5/h1-7,9H,8,10-13H2,(H,27,28);5H,1-3H3. The monoisotopic (exact) mass is 471 g/mol. The third-order valence-corrected chi connectivity index (χ3v) is 6.21. The molecule has 0 atom stereocenters. The topological polar surface area (TPSA) is 88.9 Å². The Morgan fingerprint density at radius 1 is 1.03 bits per heavy atom. The number of hydrogen-bond donors (Lipinski definition) is 2. The highest BCUT2D eigenvalue weighted by atomic mass is 16.5. The van der Waals surface area contributed by atoms with E-state index in [0.717, 1.165) is 61.7 Å². The summed E-state index contributed by atoms with van der Waals surface area (Å²) in [6.45, 7) is 6.84. The van der Waals surface area contributed by atoms with Crippen LogP contribution in [0.2, 0.25) is 0 Å². The number of carbonyl (C=O) groups is 1. The maximum Gasteiger partial charge on any atom is 0.307 e. The second-order valence-corrected chi connectivity index (χ2v) is 9.99. The van der Waals surface area contributed by atoms with Crippen LogP contribution < -0.4 is 4.74 Å². The van der Waals surface area contributed by atoms with E-state index in [0.29, 0.717) is 19.8 Å². The Labute approximate surface area is 204 Å². The van der Waals surface area contributed by atoms with E-state index in [2.05, 4.69) is 12.1 Å². The molecule has 0 spiro atoms. The fraction of sp³-hybridized carbons (Fsp3) is 0.310. The number of rotatable bonds is 3. The number of hydrogen-bond acceptors (Lipinski definition) is 5. The van der Waals surface area contributed by atoms with Gasteiger partial charge in [-0.25, -0.2) is 0 Å². The number of nitrogens with zero attached hydrogens (tertiary/aromatic N) is 1. The molecule has 0 bridgehead atoms. The lowest BCUT2D eigenvalue weighted by Gasteiger charge is -2.22. The molecule has 3 heterocycles. The van der Waals surface area contributed by atoms with Crippen molar-refractivity contribution in [2.45, 2.75) is 52.4 Å². The van der Waals surface area contributed by atoms with Gasteiger partial charge in [0, 0.05) is 23.6 Å². The van der Waals surface area contributed by atoms with Gasteiger partial charge in [0.15, 0.2) is 0 Å². The summed E-state index contributed by atoms with van der Waals surface area (Å²) in [6, 6.07) is 14.2. The third kappa shape index (κ3) is 4.47. The van der Waals surface area contributed by atoms with Crippen molar-refractivity contribution < 1.29 is 24.5 Å². The van der Waals surface area contributed by atoms with Crippen molar-refractivity contribution in [1.29, 1.82) is 0 Å². The van der Waals surface area contributed by atoms with Gasteiger partial charge in [0.25, 0.3) is 0 Å². The number of ether oxygens (including phenoxy) is 2. The van der Waals surface area contributed by atoms with Crippen LogP contribution in [0.1, 0.15) is 43.0 Å². The van der Waals surface area contributed by atoms with Crippen molar-refractivity contribution in [3.05, 3.63) is 70.9 Å². The molecule has 6 rings (SSSR count). The molecule has 0 unspecified atom stereocenters. The van der Waals surface area contributed by atoms with E-state index in [-0.39, 0.29) is 6.42 Å². The molecule has 0 saturated heterocycles. The Balaban J connectivity index is 0.000000464. The summed E-state index contributed by atoms with van der Waals surface area (Å²) < 4.78 is 11.6. The Bertz CT molecular complexity index is 1440. The molecule has 35 heavy (non-hydrogen) atoms. The zero-order valence-corrected chi connectivity index (χ0v) is 20.2. The van der Waals surface area contributed by atoms with Crippen LogP contribution in [-0.4, -0.2) is 33.4 Å². The van der Waals surface area contributed by atoms with Crippen LogP contribution in [0.25, 0.3) is 32.8 Å². The van der Waals surface area contributed by atoms with Gasteiger partial charge in [-0.2, -0.15) is 0 Å². The predicted molar refractivity (Wildman–Crippen MR) is 136 cm³/mol. The number of aliphatic hydroxyl groups is 1. The first-order valence-corrected chi connectivity index (χ1v) is 11.8. The zero-order valence-electron chi connectivity index (χ0n) is 20.2. The number of aromatic nitrogens is 1. The molecular weight excluding hydrogens is 442 g/mol. The van der Waals surface area contributed by atoms with E-state index in [4.69, 9.17) is 19.6 Å². The second kappa shape index (κ2) is 8.95. The molecule has 6 heteroatoms. The van der Waals surface area contributed by atoms with Gasteiger partial charge in [-0.15, -0.1) is 0 Å². The first-order valence-electron chi connectivity index (χ1n) is 11.8. The van der Waals surface area contributed by atoms with Crippen molar-refractivity contribution in [2.24, 2.45) is 0 Å². The normalized spacial score (nSPS) is 14.3. The van der Waals surface area contributed by atoms with Crippen molar-refractivity contribution in [3.63, 3.8) is 0 Å². The first-order chi connectivity index (χ1) is 16.7. The van der Waals surface area contributed by atoms with E-state index in [1.165, 1.54) is 5.56 Å². The van der Waals surface area contributed by atoms with Gasteiger partial charge in [-0.05, 0) is 77.6 Å². The predicted octanol–water partition coefficient (Wildman–Crippen LogP) is 5.42. The zero-order chi connectivity index (χ0) is 24.7. The van der Waals surface area contributed by atoms with Gasteiger partial charge in [0.05, 0.1) is 37.4 Å². The molecule has 6 nitrogen and oxygen atoms in total. The number of carboxylic acids is 1. The molecule has 0 amide bonds. The van der Waals surface area contributed by atoms with E-state index < -0.39 is 11.6 Å². The molecule has 0 aliphatic carbocycles. The van der Waals surface area contributed by atoms with E-state index >= 15 is 0 Å². The summed E-state index contributed by atoms with van der Waals surface area (Å²) >= 11 is 0. The van der Waals surface area contributed by atoms with Gasteiger partial charge in [-0.3, -0.25) is 9.78 Å². The number of pyridine rings is 1. The molecule has 0 fully saturated rings. The molecule has 180 valence electrons. The molecule has 0 saturated carbocycles. The minimum absolute atomic E-state index is 0.0503. The molecule has 2 aliphatic heterocycles. The Hall–Kier alpha value is -3.48. The smallest absolute Gasteiger partial charge is 0.307 e. The first kappa shape index (κ1) is 23.3. The van der Waals surface area contributed by atoms with Crippen LogP contribution >= 0.6 is 0 Å². The van der Waals surface area contributed by atoms with Crippen LogP contribution in [0.5, 0.6) is 5.75 Å². The summed E-state index contributed by atoms with van der Waals surface area (Å²) in [5, 5.41) is 21.4. The SMILES string of the molecule is CC(C)(C)O.O=C(O)Cc1c2c(c3ccccc3c1-c1ccc3c4c(ccnc14)CCO3)COC2. The third-order valence-electron chi connectivity index (χ3n) is 6.21. The Morgan fingerprint density at radius 3 is 2.49 bits per heavy atom. The number of carboxylic acid groups (broad SMARTS) is 1. The van der Waals surface area contributed by atoms with E-state index in [1.807, 2.05) is 36.5 Å². The van der Waals surface area contributed by atoms with Gasteiger partial charge < -0.3 is 19.7 Å². The minimum Gasteiger partial charge on any atom is -0.493 e. The molecule has 4 aromatic rings. The summed E-state index contributed by atoms with van der Waals surface area (Å²) in [7, 11) is 0. The van der Waals surface area contributed by atoms with Crippen LogP contribution in [0.3, 0.4) is 0 Å². The average Bonchev–Trinajstić information content (AvgIpc) is 3.30. The lowest BCUT2D eigenvalue weighted by atomic mass is 9.84. The van der Waals surface area contributed by atoms with Crippen LogP contribution in [0, 0.1) is 0 Å². The average molecular weight is 472 g/mol.